The fraction of sp³-hybridized carbons (Fsp3) is 0.286. The van der Waals surface area contributed by atoms with Crippen molar-refractivity contribution in [3.63, 3.8) is 0 Å². The molecule has 130 valence electrons. The average Bonchev–Trinajstić information content (AvgIpc) is 3.03. The molecule has 1 unspecified atom stereocenters. The summed E-state index contributed by atoms with van der Waals surface area (Å²) < 4.78 is 5.83. The van der Waals surface area contributed by atoms with E-state index in [0.717, 1.165) is 18.7 Å². The molecule has 4 nitrogen and oxygen atoms in total. The van der Waals surface area contributed by atoms with Crippen LogP contribution in [0.2, 0.25) is 0 Å². The summed E-state index contributed by atoms with van der Waals surface area (Å²) in [7, 11) is 0. The fourth-order valence-electron chi connectivity index (χ4n) is 3.06. The Bertz CT molecular complexity index is 713. The average molecular weight is 336 g/mol. The van der Waals surface area contributed by atoms with Crippen LogP contribution < -0.4 is 5.32 Å². The smallest absolute Gasteiger partial charge is 0.224 e. The second kappa shape index (κ2) is 8.38. The monoisotopic (exact) mass is 336 g/mol. The molecule has 1 aliphatic heterocycles. The van der Waals surface area contributed by atoms with Crippen LogP contribution in [0.15, 0.2) is 72.6 Å². The SMILES string of the molecule is CCN1C(Cc2ccccc2)=COC1CCC(=O)Nc1ccccc1. The number of hydrogen-bond donors (Lipinski definition) is 1. The largest absolute Gasteiger partial charge is 0.476 e. The van der Waals surface area contributed by atoms with Crippen molar-refractivity contribution in [2.45, 2.75) is 32.4 Å². The highest BCUT2D eigenvalue weighted by atomic mass is 16.5. The number of carbonyl (C=O) groups excluding carboxylic acids is 1. The van der Waals surface area contributed by atoms with E-state index in [1.54, 1.807) is 0 Å². The van der Waals surface area contributed by atoms with Gasteiger partial charge in [-0.25, -0.2) is 0 Å². The van der Waals surface area contributed by atoms with Gasteiger partial charge in [-0.2, -0.15) is 0 Å². The Hall–Kier alpha value is -2.75. The van der Waals surface area contributed by atoms with Gasteiger partial charge in [-0.3, -0.25) is 4.79 Å². The Balaban J connectivity index is 1.51. The van der Waals surface area contributed by atoms with E-state index in [2.05, 4.69) is 29.3 Å². The minimum absolute atomic E-state index is 0.0161. The highest BCUT2D eigenvalue weighted by Gasteiger charge is 2.26. The number of allylic oxidation sites excluding steroid dienone is 1. The Kier molecular flexibility index (Phi) is 5.73. The van der Waals surface area contributed by atoms with Crippen molar-refractivity contribution in [1.29, 1.82) is 0 Å². The van der Waals surface area contributed by atoms with Crippen LogP contribution in [-0.2, 0) is 16.0 Å². The molecule has 0 bridgehead atoms. The summed E-state index contributed by atoms with van der Waals surface area (Å²) in [6, 6.07) is 19.9. The second-order valence-corrected chi connectivity index (χ2v) is 6.10. The maximum Gasteiger partial charge on any atom is 0.224 e. The van der Waals surface area contributed by atoms with Gasteiger partial charge in [0, 0.05) is 31.5 Å². The van der Waals surface area contributed by atoms with E-state index in [0.29, 0.717) is 12.8 Å². The molecule has 1 N–H and O–H groups in total. The minimum Gasteiger partial charge on any atom is -0.476 e. The first-order valence-corrected chi connectivity index (χ1v) is 8.76. The van der Waals surface area contributed by atoms with Crippen molar-refractivity contribution in [2.24, 2.45) is 0 Å². The highest BCUT2D eigenvalue weighted by Crippen LogP contribution is 2.25. The lowest BCUT2D eigenvalue weighted by Crippen LogP contribution is -2.32. The van der Waals surface area contributed by atoms with E-state index in [4.69, 9.17) is 4.74 Å². The maximum absolute atomic E-state index is 12.1. The third kappa shape index (κ3) is 4.63. The van der Waals surface area contributed by atoms with Crippen LogP contribution in [0.5, 0.6) is 0 Å². The standard InChI is InChI=1S/C21H24N2O2/c1-2-23-19(15-17-9-5-3-6-10-17)16-25-21(23)14-13-20(24)22-18-11-7-4-8-12-18/h3-12,16,21H,2,13-15H2,1H3,(H,22,24). The zero-order chi connectivity index (χ0) is 17.5. The topological polar surface area (TPSA) is 41.6 Å². The summed E-state index contributed by atoms with van der Waals surface area (Å²) in [4.78, 5) is 14.4. The Morgan fingerprint density at radius 2 is 1.76 bits per heavy atom. The van der Waals surface area contributed by atoms with Gasteiger partial charge < -0.3 is 15.0 Å². The van der Waals surface area contributed by atoms with Gasteiger partial charge in [0.2, 0.25) is 5.91 Å². The summed E-state index contributed by atoms with van der Waals surface area (Å²) in [6.45, 7) is 2.98. The number of amides is 1. The molecule has 3 rings (SSSR count). The molecule has 1 aliphatic rings. The molecule has 0 fully saturated rings. The van der Waals surface area contributed by atoms with Crippen molar-refractivity contribution in [3.05, 3.63) is 78.2 Å². The number of ether oxygens (including phenoxy) is 1. The molecule has 0 radical (unpaired) electrons. The van der Waals surface area contributed by atoms with Crippen molar-refractivity contribution in [2.75, 3.05) is 11.9 Å². The lowest BCUT2D eigenvalue weighted by atomic mass is 10.1. The van der Waals surface area contributed by atoms with Crippen LogP contribution in [0, 0.1) is 0 Å². The summed E-state index contributed by atoms with van der Waals surface area (Å²) >= 11 is 0. The predicted octanol–water partition coefficient (Wildman–Crippen LogP) is 4.17. The van der Waals surface area contributed by atoms with Crippen molar-refractivity contribution < 1.29 is 9.53 Å². The van der Waals surface area contributed by atoms with Gasteiger partial charge in [0.1, 0.15) is 6.26 Å². The Morgan fingerprint density at radius 1 is 1.08 bits per heavy atom. The summed E-state index contributed by atoms with van der Waals surface area (Å²) in [5.41, 5.74) is 3.26. The van der Waals surface area contributed by atoms with Crippen LogP contribution in [0.4, 0.5) is 5.69 Å². The van der Waals surface area contributed by atoms with Crippen LogP contribution >= 0.6 is 0 Å². The molecule has 0 saturated heterocycles. The first-order chi connectivity index (χ1) is 12.3. The molecule has 2 aromatic carbocycles. The highest BCUT2D eigenvalue weighted by molar-refractivity contribution is 5.90. The molecular formula is C21H24N2O2. The summed E-state index contributed by atoms with van der Waals surface area (Å²) in [6.07, 6.45) is 3.73. The quantitative estimate of drug-likeness (QED) is 0.825. The van der Waals surface area contributed by atoms with E-state index in [9.17, 15) is 4.79 Å². The van der Waals surface area contributed by atoms with E-state index in [-0.39, 0.29) is 12.1 Å². The number of nitrogens with one attached hydrogen (secondary N) is 1. The number of nitrogens with zero attached hydrogens (tertiary/aromatic N) is 1. The van der Waals surface area contributed by atoms with Crippen LogP contribution in [0.3, 0.4) is 0 Å². The second-order valence-electron chi connectivity index (χ2n) is 6.10. The van der Waals surface area contributed by atoms with E-state index in [1.165, 1.54) is 11.3 Å². The molecule has 0 saturated carbocycles. The maximum atomic E-state index is 12.1. The number of carbonyl (C=O) groups is 1. The lowest BCUT2D eigenvalue weighted by molar-refractivity contribution is -0.117. The first kappa shape index (κ1) is 17.1. The van der Waals surface area contributed by atoms with Crippen LogP contribution in [-0.4, -0.2) is 23.6 Å². The van der Waals surface area contributed by atoms with Crippen molar-refractivity contribution in [3.8, 4) is 0 Å². The molecule has 0 aliphatic carbocycles. The lowest BCUT2D eigenvalue weighted by Gasteiger charge is -2.26. The van der Waals surface area contributed by atoms with Crippen LogP contribution in [0.25, 0.3) is 0 Å². The molecule has 1 heterocycles. The normalized spacial score (nSPS) is 16.3. The van der Waals surface area contributed by atoms with Crippen LogP contribution in [0.1, 0.15) is 25.3 Å². The molecule has 25 heavy (non-hydrogen) atoms. The van der Waals surface area contributed by atoms with Crippen molar-refractivity contribution >= 4 is 11.6 Å². The summed E-state index contributed by atoms with van der Waals surface area (Å²) in [5.74, 6) is 0.0161. The summed E-state index contributed by atoms with van der Waals surface area (Å²) in [5, 5.41) is 2.92. The third-order valence-electron chi connectivity index (χ3n) is 4.32. The number of anilines is 1. The molecule has 2 aromatic rings. The third-order valence-corrected chi connectivity index (χ3v) is 4.32. The molecule has 1 amide bonds. The van der Waals surface area contributed by atoms with Gasteiger partial charge in [0.05, 0.1) is 5.70 Å². The van der Waals surface area contributed by atoms with Gasteiger partial charge in [0.25, 0.3) is 0 Å². The van der Waals surface area contributed by atoms with Gasteiger partial charge in [-0.15, -0.1) is 0 Å². The molecule has 0 aromatic heterocycles. The van der Waals surface area contributed by atoms with Gasteiger partial charge in [-0.1, -0.05) is 48.5 Å². The number of rotatable bonds is 7. The number of hydrogen-bond acceptors (Lipinski definition) is 3. The Morgan fingerprint density at radius 3 is 2.44 bits per heavy atom. The zero-order valence-corrected chi connectivity index (χ0v) is 14.5. The van der Waals surface area contributed by atoms with E-state index < -0.39 is 0 Å². The molecule has 1 atom stereocenters. The van der Waals surface area contributed by atoms with Gasteiger partial charge >= 0.3 is 0 Å². The molecular weight excluding hydrogens is 312 g/mol. The zero-order valence-electron chi connectivity index (χ0n) is 14.5. The fourth-order valence-corrected chi connectivity index (χ4v) is 3.06. The molecule has 4 heteroatoms. The number of para-hydroxylation sites is 1. The Labute approximate surface area is 149 Å². The van der Waals surface area contributed by atoms with Crippen molar-refractivity contribution in [1.82, 2.24) is 4.90 Å². The van der Waals surface area contributed by atoms with Gasteiger partial charge in [-0.05, 0) is 24.6 Å². The molecule has 0 spiro atoms. The van der Waals surface area contributed by atoms with E-state index >= 15 is 0 Å². The number of benzene rings is 2. The first-order valence-electron chi connectivity index (χ1n) is 8.76. The van der Waals surface area contributed by atoms with Gasteiger partial charge in [0.15, 0.2) is 6.23 Å². The van der Waals surface area contributed by atoms with E-state index in [1.807, 2.05) is 54.8 Å². The minimum atomic E-state index is -0.0646. The predicted molar refractivity (Wildman–Crippen MR) is 99.8 cm³/mol. The number of likely N-dealkylation sites (N-methyl/N-ethyl adjacent to an activating group) is 1.